The monoisotopic (exact) mass is 366 g/mol. The van der Waals surface area contributed by atoms with Crippen LogP contribution in [-0.4, -0.2) is 40.9 Å². The first kappa shape index (κ1) is 18.6. The molecule has 140 valence electrons. The molecule has 3 rings (SSSR count). The Morgan fingerprint density at radius 2 is 1.48 bits per heavy atom. The van der Waals surface area contributed by atoms with E-state index >= 15 is 0 Å². The van der Waals surface area contributed by atoms with Crippen LogP contribution in [0.15, 0.2) is 60.7 Å². The third-order valence-corrected chi connectivity index (χ3v) is 4.84. The fraction of sp³-hybridized carbons (Fsp3) is 0.286. The van der Waals surface area contributed by atoms with Gasteiger partial charge >= 0.3 is 5.97 Å². The first-order chi connectivity index (χ1) is 13.1. The van der Waals surface area contributed by atoms with Crippen molar-refractivity contribution in [3.05, 3.63) is 71.8 Å². The van der Waals surface area contributed by atoms with Crippen LogP contribution >= 0.6 is 0 Å². The number of hydrogen-bond acceptors (Lipinski definition) is 3. The Morgan fingerprint density at radius 3 is 2.04 bits per heavy atom. The van der Waals surface area contributed by atoms with Gasteiger partial charge in [0.25, 0.3) is 5.91 Å². The molecular formula is C21H22N2O4. The summed E-state index contributed by atoms with van der Waals surface area (Å²) in [6, 6.07) is 16.6. The first-order valence-corrected chi connectivity index (χ1v) is 8.98. The molecule has 27 heavy (non-hydrogen) atoms. The lowest BCUT2D eigenvalue weighted by Crippen LogP contribution is -2.44. The molecule has 0 radical (unpaired) electrons. The van der Waals surface area contributed by atoms with E-state index < -0.39 is 12.0 Å². The average Bonchev–Trinajstić information content (AvgIpc) is 2.72. The van der Waals surface area contributed by atoms with E-state index in [0.717, 1.165) is 0 Å². The number of carbonyl (C=O) groups is 3. The number of carboxylic acids is 1. The zero-order valence-corrected chi connectivity index (χ0v) is 14.9. The molecule has 1 aliphatic heterocycles. The molecule has 6 nitrogen and oxygen atoms in total. The smallest absolute Gasteiger partial charge is 0.330 e. The summed E-state index contributed by atoms with van der Waals surface area (Å²) >= 11 is 0. The van der Waals surface area contributed by atoms with Crippen LogP contribution < -0.4 is 5.32 Å². The first-order valence-electron chi connectivity index (χ1n) is 8.98. The standard InChI is InChI=1S/C21H22N2O4/c24-19(22-18(21(26)27)15-7-3-1-4-8-15)16-11-13-23(14-12-16)20(25)17-9-5-2-6-10-17/h1-10,16,18H,11-14H2,(H,22,24)(H,26,27). The maximum absolute atomic E-state index is 12.6. The van der Waals surface area contributed by atoms with Crippen LogP contribution in [0.3, 0.4) is 0 Å². The van der Waals surface area contributed by atoms with Gasteiger partial charge in [-0.1, -0.05) is 48.5 Å². The molecule has 2 amide bonds. The van der Waals surface area contributed by atoms with Crippen LogP contribution in [-0.2, 0) is 9.59 Å². The number of aliphatic carboxylic acids is 1. The molecule has 2 N–H and O–H groups in total. The van der Waals surface area contributed by atoms with Gasteiger partial charge in [0.15, 0.2) is 6.04 Å². The highest BCUT2D eigenvalue weighted by Gasteiger charge is 2.30. The number of hydrogen-bond donors (Lipinski definition) is 2. The van der Waals surface area contributed by atoms with Crippen molar-refractivity contribution in [1.29, 1.82) is 0 Å². The lowest BCUT2D eigenvalue weighted by atomic mass is 9.94. The fourth-order valence-corrected chi connectivity index (χ4v) is 3.30. The number of nitrogens with one attached hydrogen (secondary N) is 1. The van der Waals surface area contributed by atoms with Crippen LogP contribution in [0, 0.1) is 5.92 Å². The second-order valence-corrected chi connectivity index (χ2v) is 6.62. The summed E-state index contributed by atoms with van der Waals surface area (Å²) in [7, 11) is 0. The molecule has 0 aromatic heterocycles. The summed E-state index contributed by atoms with van der Waals surface area (Å²) in [5, 5.41) is 12.1. The Morgan fingerprint density at radius 1 is 0.926 bits per heavy atom. The van der Waals surface area contributed by atoms with E-state index in [-0.39, 0.29) is 17.7 Å². The third kappa shape index (κ3) is 4.53. The van der Waals surface area contributed by atoms with Gasteiger partial charge in [-0.25, -0.2) is 4.79 Å². The predicted molar refractivity (Wildman–Crippen MR) is 100 cm³/mol. The van der Waals surface area contributed by atoms with Crippen molar-refractivity contribution in [2.45, 2.75) is 18.9 Å². The van der Waals surface area contributed by atoms with Crippen LogP contribution in [0.1, 0.15) is 34.8 Å². The Kier molecular flexibility index (Phi) is 5.86. The normalized spacial score (nSPS) is 15.8. The Hall–Kier alpha value is -3.15. The molecule has 0 bridgehead atoms. The minimum Gasteiger partial charge on any atom is -0.479 e. The van der Waals surface area contributed by atoms with Crippen LogP contribution in [0.4, 0.5) is 0 Å². The van der Waals surface area contributed by atoms with Gasteiger partial charge in [0.2, 0.25) is 5.91 Å². The Labute approximate surface area is 157 Å². The highest BCUT2D eigenvalue weighted by molar-refractivity contribution is 5.94. The topological polar surface area (TPSA) is 86.7 Å². The number of amides is 2. The molecule has 1 atom stereocenters. The van der Waals surface area contributed by atoms with Crippen LogP contribution in [0.2, 0.25) is 0 Å². The summed E-state index contributed by atoms with van der Waals surface area (Å²) in [5.41, 5.74) is 1.17. The van der Waals surface area contributed by atoms with E-state index in [1.165, 1.54) is 0 Å². The van der Waals surface area contributed by atoms with E-state index in [1.54, 1.807) is 47.4 Å². The summed E-state index contributed by atoms with van der Waals surface area (Å²) in [5.74, 6) is -1.71. The van der Waals surface area contributed by atoms with Crippen molar-refractivity contribution >= 4 is 17.8 Å². The van der Waals surface area contributed by atoms with Gasteiger partial charge in [-0.3, -0.25) is 9.59 Å². The lowest BCUT2D eigenvalue weighted by Gasteiger charge is -2.32. The average molecular weight is 366 g/mol. The number of piperidine rings is 1. The highest BCUT2D eigenvalue weighted by Crippen LogP contribution is 2.21. The molecule has 1 unspecified atom stereocenters. The van der Waals surface area contributed by atoms with E-state index in [2.05, 4.69) is 5.32 Å². The molecule has 0 aliphatic carbocycles. The molecule has 0 saturated carbocycles. The van der Waals surface area contributed by atoms with Crippen LogP contribution in [0.5, 0.6) is 0 Å². The molecule has 1 fully saturated rings. The van der Waals surface area contributed by atoms with Crippen molar-refractivity contribution in [3.63, 3.8) is 0 Å². The zero-order chi connectivity index (χ0) is 19.2. The maximum Gasteiger partial charge on any atom is 0.330 e. The van der Waals surface area contributed by atoms with Gasteiger partial charge in [0, 0.05) is 24.6 Å². The fourth-order valence-electron chi connectivity index (χ4n) is 3.30. The SMILES string of the molecule is O=C(NC(C(=O)O)c1ccccc1)C1CCN(C(=O)c2ccccc2)CC1. The van der Waals surface area contributed by atoms with Gasteiger partial charge in [-0.2, -0.15) is 0 Å². The Bertz CT molecular complexity index is 799. The molecule has 1 aliphatic rings. The van der Waals surface area contributed by atoms with Crippen LogP contribution in [0.25, 0.3) is 0 Å². The Balaban J connectivity index is 1.58. The van der Waals surface area contributed by atoms with Crippen molar-refractivity contribution in [2.24, 2.45) is 5.92 Å². The third-order valence-electron chi connectivity index (χ3n) is 4.84. The quantitative estimate of drug-likeness (QED) is 0.851. The number of nitrogens with zero attached hydrogens (tertiary/aromatic N) is 1. The zero-order valence-electron chi connectivity index (χ0n) is 14.9. The second kappa shape index (κ2) is 8.49. The van der Waals surface area contributed by atoms with Gasteiger partial charge in [-0.05, 0) is 30.5 Å². The molecule has 2 aromatic carbocycles. The highest BCUT2D eigenvalue weighted by atomic mass is 16.4. The van der Waals surface area contributed by atoms with Gasteiger partial charge in [0.1, 0.15) is 0 Å². The van der Waals surface area contributed by atoms with E-state index in [9.17, 15) is 19.5 Å². The van der Waals surface area contributed by atoms with Crippen molar-refractivity contribution < 1.29 is 19.5 Å². The number of carbonyl (C=O) groups excluding carboxylic acids is 2. The predicted octanol–water partition coefficient (Wildman–Crippen LogP) is 2.48. The number of rotatable bonds is 5. The second-order valence-electron chi connectivity index (χ2n) is 6.62. The molecule has 2 aromatic rings. The minimum atomic E-state index is -1.09. The van der Waals surface area contributed by atoms with Crippen molar-refractivity contribution in [3.8, 4) is 0 Å². The number of carboxylic acid groups (broad SMARTS) is 1. The van der Waals surface area contributed by atoms with E-state index in [4.69, 9.17) is 0 Å². The number of likely N-dealkylation sites (tertiary alicyclic amines) is 1. The lowest BCUT2D eigenvalue weighted by molar-refractivity contribution is -0.143. The van der Waals surface area contributed by atoms with Crippen molar-refractivity contribution in [2.75, 3.05) is 13.1 Å². The van der Waals surface area contributed by atoms with Gasteiger partial charge in [0.05, 0.1) is 0 Å². The largest absolute Gasteiger partial charge is 0.479 e. The summed E-state index contributed by atoms with van der Waals surface area (Å²) in [6.45, 7) is 0.962. The molecule has 6 heteroatoms. The summed E-state index contributed by atoms with van der Waals surface area (Å²) in [6.07, 6.45) is 1.04. The van der Waals surface area contributed by atoms with Gasteiger partial charge in [-0.15, -0.1) is 0 Å². The molecule has 1 saturated heterocycles. The summed E-state index contributed by atoms with van der Waals surface area (Å²) in [4.78, 5) is 38.3. The summed E-state index contributed by atoms with van der Waals surface area (Å²) < 4.78 is 0. The van der Waals surface area contributed by atoms with Crippen molar-refractivity contribution in [1.82, 2.24) is 10.2 Å². The molecular weight excluding hydrogens is 344 g/mol. The van der Waals surface area contributed by atoms with E-state index in [1.807, 2.05) is 18.2 Å². The van der Waals surface area contributed by atoms with Gasteiger partial charge < -0.3 is 15.3 Å². The molecule has 1 heterocycles. The minimum absolute atomic E-state index is 0.0397. The number of benzene rings is 2. The van der Waals surface area contributed by atoms with E-state index in [0.29, 0.717) is 37.1 Å². The molecule has 0 spiro atoms. The maximum atomic E-state index is 12.6.